The lowest BCUT2D eigenvalue weighted by Crippen LogP contribution is -2.34. The summed E-state index contributed by atoms with van der Waals surface area (Å²) >= 11 is 2.04. The molecule has 1 heterocycles. The maximum atomic E-state index is 5.75. The summed E-state index contributed by atoms with van der Waals surface area (Å²) in [6, 6.07) is 6.88. The van der Waals surface area contributed by atoms with Gasteiger partial charge in [-0.1, -0.05) is 26.0 Å². The number of fused-ring (bicyclic) bond motifs is 1. The van der Waals surface area contributed by atoms with Crippen LogP contribution in [0.5, 0.6) is 5.75 Å². The lowest BCUT2D eigenvalue weighted by atomic mass is 9.92. The van der Waals surface area contributed by atoms with Crippen LogP contribution in [-0.2, 0) is 5.75 Å². The molecular weight excluding hydrogens is 242 g/mol. The Kier molecular flexibility index (Phi) is 4.57. The van der Waals surface area contributed by atoms with E-state index in [1.807, 2.05) is 18.7 Å². The molecule has 0 saturated heterocycles. The summed E-state index contributed by atoms with van der Waals surface area (Å²) in [4.78, 5) is 0. The highest BCUT2D eigenvalue weighted by Gasteiger charge is 2.32. The van der Waals surface area contributed by atoms with Crippen LogP contribution in [0.2, 0.25) is 0 Å². The zero-order valence-electron chi connectivity index (χ0n) is 11.7. The van der Waals surface area contributed by atoms with Gasteiger partial charge >= 0.3 is 0 Å². The summed E-state index contributed by atoms with van der Waals surface area (Å²) in [7, 11) is 2.06. The molecule has 0 spiro atoms. The Hall–Kier alpha value is -0.670. The Balaban J connectivity index is 2.38. The van der Waals surface area contributed by atoms with E-state index in [2.05, 4.69) is 44.4 Å². The monoisotopic (exact) mass is 265 g/mol. The molecule has 0 bridgehead atoms. The van der Waals surface area contributed by atoms with Crippen LogP contribution in [0.3, 0.4) is 0 Å². The van der Waals surface area contributed by atoms with E-state index in [-0.39, 0.29) is 0 Å². The average Bonchev–Trinajstić information content (AvgIpc) is 2.37. The lowest BCUT2D eigenvalue weighted by Gasteiger charge is -2.36. The third-order valence-electron chi connectivity index (χ3n) is 3.52. The number of rotatable bonds is 4. The normalized spacial score (nSPS) is 22.9. The van der Waals surface area contributed by atoms with Crippen molar-refractivity contribution in [2.24, 2.45) is 5.92 Å². The van der Waals surface area contributed by atoms with Gasteiger partial charge in [0.05, 0.1) is 6.61 Å². The highest BCUT2D eigenvalue weighted by atomic mass is 32.2. The number of nitrogens with one attached hydrogen (secondary N) is 1. The van der Waals surface area contributed by atoms with Crippen LogP contribution in [0.15, 0.2) is 18.2 Å². The van der Waals surface area contributed by atoms with Gasteiger partial charge in [-0.2, -0.15) is 11.8 Å². The quantitative estimate of drug-likeness (QED) is 0.898. The Bertz CT molecular complexity index is 405. The minimum absolute atomic E-state index is 0.430. The first kappa shape index (κ1) is 13.8. The van der Waals surface area contributed by atoms with Crippen molar-refractivity contribution in [3.63, 3.8) is 0 Å². The van der Waals surface area contributed by atoms with Crippen LogP contribution in [0, 0.1) is 5.92 Å². The fraction of sp³-hybridized carbons (Fsp3) is 0.600. The number of thioether (sulfide) groups is 1. The number of hydrogen-bond donors (Lipinski definition) is 1. The molecule has 2 rings (SSSR count). The standard InChI is InChI=1S/C15H23NOS/c1-5-17-13-8-6-7-11-12(13)9-18-15(10(2)3)14(11)16-4/h6-8,10,14-16H,5,9H2,1-4H3. The van der Waals surface area contributed by atoms with E-state index in [1.54, 1.807) is 0 Å². The molecule has 0 saturated carbocycles. The fourth-order valence-electron chi connectivity index (χ4n) is 2.67. The maximum absolute atomic E-state index is 5.75. The van der Waals surface area contributed by atoms with Crippen molar-refractivity contribution in [1.29, 1.82) is 0 Å². The van der Waals surface area contributed by atoms with Crippen LogP contribution in [0.25, 0.3) is 0 Å². The Morgan fingerprint density at radius 3 is 2.83 bits per heavy atom. The van der Waals surface area contributed by atoms with Crippen LogP contribution < -0.4 is 10.1 Å². The predicted octanol–water partition coefficient (Wildman–Crippen LogP) is 3.62. The van der Waals surface area contributed by atoms with Crippen molar-refractivity contribution in [3.05, 3.63) is 29.3 Å². The topological polar surface area (TPSA) is 21.3 Å². The smallest absolute Gasteiger partial charge is 0.123 e. The lowest BCUT2D eigenvalue weighted by molar-refractivity contribution is 0.335. The molecule has 1 aliphatic rings. The summed E-state index contributed by atoms with van der Waals surface area (Å²) in [6.07, 6.45) is 0. The molecule has 1 aliphatic heterocycles. The van der Waals surface area contributed by atoms with Gasteiger partial charge in [-0.05, 0) is 31.5 Å². The second-order valence-electron chi connectivity index (χ2n) is 5.04. The second-order valence-corrected chi connectivity index (χ2v) is 6.21. The van der Waals surface area contributed by atoms with E-state index in [9.17, 15) is 0 Å². The zero-order chi connectivity index (χ0) is 13.1. The molecule has 2 unspecified atom stereocenters. The number of ether oxygens (including phenoxy) is 1. The summed E-state index contributed by atoms with van der Waals surface area (Å²) in [6.45, 7) is 7.39. The molecule has 1 aromatic carbocycles. The average molecular weight is 265 g/mol. The molecule has 0 fully saturated rings. The van der Waals surface area contributed by atoms with Crippen molar-refractivity contribution in [2.45, 2.75) is 37.8 Å². The van der Waals surface area contributed by atoms with E-state index in [0.717, 1.165) is 18.1 Å². The van der Waals surface area contributed by atoms with Gasteiger partial charge in [-0.3, -0.25) is 0 Å². The van der Waals surface area contributed by atoms with Crippen molar-refractivity contribution in [3.8, 4) is 5.75 Å². The van der Waals surface area contributed by atoms with Crippen LogP contribution in [-0.4, -0.2) is 18.9 Å². The molecule has 0 amide bonds. The molecule has 1 N–H and O–H groups in total. The summed E-state index contributed by atoms with van der Waals surface area (Å²) in [5.41, 5.74) is 2.79. The Morgan fingerprint density at radius 2 is 2.22 bits per heavy atom. The zero-order valence-corrected chi connectivity index (χ0v) is 12.5. The molecule has 1 aromatic rings. The third kappa shape index (κ3) is 2.52. The molecule has 0 aromatic heterocycles. The van der Waals surface area contributed by atoms with Gasteiger partial charge in [0.1, 0.15) is 5.75 Å². The first-order chi connectivity index (χ1) is 8.69. The SMILES string of the molecule is CCOc1cccc2c1CSC(C(C)C)C2NC. The molecule has 18 heavy (non-hydrogen) atoms. The van der Waals surface area contributed by atoms with E-state index in [1.165, 1.54) is 11.1 Å². The molecule has 0 radical (unpaired) electrons. The van der Waals surface area contributed by atoms with Gasteiger partial charge in [-0.25, -0.2) is 0 Å². The van der Waals surface area contributed by atoms with Crippen molar-refractivity contribution >= 4 is 11.8 Å². The Labute approximate surface area is 114 Å². The van der Waals surface area contributed by atoms with Gasteiger partial charge in [0.2, 0.25) is 0 Å². The van der Waals surface area contributed by atoms with Gasteiger partial charge in [-0.15, -0.1) is 0 Å². The molecule has 100 valence electrons. The minimum atomic E-state index is 0.430. The van der Waals surface area contributed by atoms with Crippen LogP contribution >= 0.6 is 11.8 Å². The number of hydrogen-bond acceptors (Lipinski definition) is 3. The molecule has 3 heteroatoms. The summed E-state index contributed by atoms with van der Waals surface area (Å²) in [5.74, 6) is 2.80. The van der Waals surface area contributed by atoms with E-state index in [0.29, 0.717) is 17.2 Å². The highest BCUT2D eigenvalue weighted by molar-refractivity contribution is 7.99. The first-order valence-corrected chi connectivity index (χ1v) is 7.77. The van der Waals surface area contributed by atoms with Crippen molar-refractivity contribution in [1.82, 2.24) is 5.32 Å². The van der Waals surface area contributed by atoms with Gasteiger partial charge in [0.15, 0.2) is 0 Å². The number of benzene rings is 1. The molecule has 2 nitrogen and oxygen atoms in total. The largest absolute Gasteiger partial charge is 0.494 e. The molecular formula is C15H23NOS. The maximum Gasteiger partial charge on any atom is 0.123 e. The molecule has 2 atom stereocenters. The van der Waals surface area contributed by atoms with Gasteiger partial charge in [0, 0.05) is 22.6 Å². The van der Waals surface area contributed by atoms with Crippen molar-refractivity contribution in [2.75, 3.05) is 13.7 Å². The van der Waals surface area contributed by atoms with E-state index >= 15 is 0 Å². The van der Waals surface area contributed by atoms with Crippen molar-refractivity contribution < 1.29 is 4.74 Å². The summed E-state index contributed by atoms with van der Waals surface area (Å²) < 4.78 is 5.75. The summed E-state index contributed by atoms with van der Waals surface area (Å²) in [5, 5.41) is 4.12. The van der Waals surface area contributed by atoms with E-state index < -0.39 is 0 Å². The first-order valence-electron chi connectivity index (χ1n) is 6.72. The second kappa shape index (κ2) is 5.98. The van der Waals surface area contributed by atoms with E-state index in [4.69, 9.17) is 4.74 Å². The van der Waals surface area contributed by atoms with Crippen LogP contribution in [0.4, 0.5) is 0 Å². The van der Waals surface area contributed by atoms with Crippen LogP contribution in [0.1, 0.15) is 37.9 Å². The predicted molar refractivity (Wildman–Crippen MR) is 79.3 cm³/mol. The fourth-order valence-corrected chi connectivity index (χ4v) is 4.20. The minimum Gasteiger partial charge on any atom is -0.494 e. The molecule has 0 aliphatic carbocycles. The third-order valence-corrected chi connectivity index (χ3v) is 5.18. The highest BCUT2D eigenvalue weighted by Crippen LogP contribution is 2.43. The van der Waals surface area contributed by atoms with Gasteiger partial charge in [0.25, 0.3) is 0 Å². The Morgan fingerprint density at radius 1 is 1.44 bits per heavy atom. The van der Waals surface area contributed by atoms with Gasteiger partial charge < -0.3 is 10.1 Å².